The molecule has 0 aliphatic rings. The Balaban J connectivity index is -0.0000000457. The second-order valence-electron chi connectivity index (χ2n) is 1.71. The van der Waals surface area contributed by atoms with Gasteiger partial charge in [-0.1, -0.05) is 12.8 Å². The van der Waals surface area contributed by atoms with Gasteiger partial charge in [-0.05, 0) is 0 Å². The standard InChI is InChI=1S/2C3H8N2.ClH.Cu/c2*4-2-1-3-5;;/h2*4-5H,1-3H2;1H;/q2*-2;;/p-1. The number of halogens is 1. The van der Waals surface area contributed by atoms with E-state index in [1.54, 1.807) is 0 Å². The number of nitrogens with one attached hydrogen (secondary N) is 4. The van der Waals surface area contributed by atoms with E-state index in [1.165, 1.54) is 0 Å². The SMILES string of the molecule is [Cl-].[Cu].[NH-]CCC[NH-].[NH-]CCC[NH-]. The van der Waals surface area contributed by atoms with Crippen molar-refractivity contribution in [1.82, 2.24) is 0 Å². The average Bonchev–Trinajstić information content (AvgIpc) is 1.93. The molecule has 0 aromatic carbocycles. The van der Waals surface area contributed by atoms with E-state index < -0.39 is 0 Å². The van der Waals surface area contributed by atoms with Gasteiger partial charge in [0.2, 0.25) is 0 Å². The van der Waals surface area contributed by atoms with Gasteiger partial charge >= 0.3 is 0 Å². The molecule has 0 amide bonds. The Morgan fingerprint density at radius 3 is 0.750 bits per heavy atom. The summed E-state index contributed by atoms with van der Waals surface area (Å²) in [7, 11) is 0. The first-order valence-electron chi connectivity index (χ1n) is 3.41. The molecule has 1 radical (unpaired) electrons. The zero-order chi connectivity index (χ0) is 8.24. The van der Waals surface area contributed by atoms with Gasteiger partial charge in [0.25, 0.3) is 0 Å². The molecule has 0 aromatic rings. The predicted octanol–water partition coefficient (Wildman–Crippen LogP) is -0.0367. The van der Waals surface area contributed by atoms with Crippen molar-refractivity contribution in [1.29, 1.82) is 0 Å². The third kappa shape index (κ3) is 45.9. The third-order valence-corrected chi connectivity index (χ3v) is 0.707. The van der Waals surface area contributed by atoms with E-state index in [1.807, 2.05) is 0 Å². The molecule has 0 unspecified atom stereocenters. The van der Waals surface area contributed by atoms with Crippen LogP contribution in [0.5, 0.6) is 0 Å². The average molecular weight is 243 g/mol. The number of rotatable bonds is 4. The molecule has 0 aromatic heterocycles. The van der Waals surface area contributed by atoms with Gasteiger partial charge in [0.15, 0.2) is 0 Å². The fourth-order valence-corrected chi connectivity index (χ4v) is 0.177. The van der Waals surface area contributed by atoms with Crippen molar-refractivity contribution < 1.29 is 29.5 Å². The van der Waals surface area contributed by atoms with Crippen LogP contribution in [-0.4, -0.2) is 26.2 Å². The van der Waals surface area contributed by atoms with Gasteiger partial charge in [-0.2, -0.15) is 26.2 Å². The minimum absolute atomic E-state index is 0. The van der Waals surface area contributed by atoms with E-state index in [-0.39, 0.29) is 29.5 Å². The van der Waals surface area contributed by atoms with Crippen molar-refractivity contribution in [3.8, 4) is 0 Å². The summed E-state index contributed by atoms with van der Waals surface area (Å²) in [6.07, 6.45) is 1.44. The fraction of sp³-hybridized carbons (Fsp3) is 1.00. The zero-order valence-electron chi connectivity index (χ0n) is 6.92. The van der Waals surface area contributed by atoms with Crippen LogP contribution in [-0.2, 0) is 17.1 Å². The molecule has 0 fully saturated rings. The largest absolute Gasteiger partial charge is 1.00 e. The Bertz CT molecular complexity index is 40.5. The van der Waals surface area contributed by atoms with Crippen molar-refractivity contribution >= 4 is 0 Å². The monoisotopic (exact) mass is 242 g/mol. The van der Waals surface area contributed by atoms with Gasteiger partial charge in [0, 0.05) is 17.1 Å². The normalized spacial score (nSPS) is 7.00. The van der Waals surface area contributed by atoms with E-state index in [0.717, 1.165) is 12.8 Å². The summed E-state index contributed by atoms with van der Waals surface area (Å²) < 4.78 is 0. The summed E-state index contributed by atoms with van der Waals surface area (Å²) in [5, 5.41) is 0. The molecule has 0 spiro atoms. The summed E-state index contributed by atoms with van der Waals surface area (Å²) in [5.74, 6) is 0. The maximum atomic E-state index is 6.48. The maximum absolute atomic E-state index is 6.48. The summed E-state index contributed by atoms with van der Waals surface area (Å²) in [5.41, 5.74) is 25.9. The summed E-state index contributed by atoms with van der Waals surface area (Å²) in [4.78, 5) is 0. The van der Waals surface area contributed by atoms with Crippen molar-refractivity contribution in [2.45, 2.75) is 12.8 Å². The quantitative estimate of drug-likeness (QED) is 0.619. The van der Waals surface area contributed by atoms with Crippen LogP contribution in [0.4, 0.5) is 0 Å². The fourth-order valence-electron chi connectivity index (χ4n) is 0.177. The molecular weight excluding hydrogens is 227 g/mol. The Morgan fingerprint density at radius 1 is 0.583 bits per heavy atom. The smallest absolute Gasteiger partial charge is 0 e. The molecule has 12 heavy (non-hydrogen) atoms. The van der Waals surface area contributed by atoms with Gasteiger partial charge < -0.3 is 35.3 Å². The summed E-state index contributed by atoms with van der Waals surface area (Å²) >= 11 is 0. The second kappa shape index (κ2) is 29.9. The van der Waals surface area contributed by atoms with Crippen LogP contribution in [0.15, 0.2) is 0 Å². The van der Waals surface area contributed by atoms with Gasteiger partial charge in [-0.25, -0.2) is 0 Å². The van der Waals surface area contributed by atoms with Crippen molar-refractivity contribution in [3.05, 3.63) is 22.9 Å². The summed E-state index contributed by atoms with van der Waals surface area (Å²) in [6.45, 7) is 1.62. The molecule has 0 atom stereocenters. The zero-order valence-corrected chi connectivity index (χ0v) is 8.62. The van der Waals surface area contributed by atoms with E-state index in [9.17, 15) is 0 Å². The Hall–Kier alpha value is 0.649. The molecule has 83 valence electrons. The van der Waals surface area contributed by atoms with Crippen LogP contribution >= 0.6 is 0 Å². The minimum Gasteiger partial charge on any atom is -1.00 e. The van der Waals surface area contributed by atoms with Crippen LogP contribution in [0.25, 0.3) is 22.9 Å². The molecule has 0 saturated carbocycles. The van der Waals surface area contributed by atoms with Crippen LogP contribution in [0, 0.1) is 0 Å². The molecule has 0 aliphatic heterocycles. The van der Waals surface area contributed by atoms with Gasteiger partial charge in [0.05, 0.1) is 0 Å². The first-order valence-corrected chi connectivity index (χ1v) is 3.41. The molecule has 0 saturated heterocycles. The van der Waals surface area contributed by atoms with E-state index >= 15 is 0 Å². The van der Waals surface area contributed by atoms with Gasteiger partial charge in [0.1, 0.15) is 0 Å². The molecule has 0 rings (SSSR count). The molecular formula is C6H16ClCuN4-5. The topological polar surface area (TPSA) is 95.2 Å². The van der Waals surface area contributed by atoms with Crippen LogP contribution in [0.3, 0.4) is 0 Å². The maximum Gasteiger partial charge on any atom is 0 e. The molecule has 4 N–H and O–H groups in total. The van der Waals surface area contributed by atoms with E-state index in [0.29, 0.717) is 26.2 Å². The second-order valence-corrected chi connectivity index (χ2v) is 1.71. The van der Waals surface area contributed by atoms with Gasteiger partial charge in [-0.15, -0.1) is 0 Å². The van der Waals surface area contributed by atoms with Crippen molar-refractivity contribution in [2.24, 2.45) is 0 Å². The molecule has 0 heterocycles. The van der Waals surface area contributed by atoms with Gasteiger partial charge in [-0.3, -0.25) is 0 Å². The summed E-state index contributed by atoms with van der Waals surface area (Å²) in [6, 6.07) is 0. The van der Waals surface area contributed by atoms with Crippen molar-refractivity contribution in [3.63, 3.8) is 0 Å². The van der Waals surface area contributed by atoms with E-state index in [2.05, 4.69) is 0 Å². The number of hydrogen-bond donors (Lipinski definition) is 0. The third-order valence-electron chi connectivity index (χ3n) is 0.707. The first-order chi connectivity index (χ1) is 4.83. The predicted molar refractivity (Wildman–Crippen MR) is 46.0 cm³/mol. The van der Waals surface area contributed by atoms with E-state index in [4.69, 9.17) is 22.9 Å². The number of hydrogen-bond acceptors (Lipinski definition) is 0. The molecule has 6 heteroatoms. The molecule has 4 nitrogen and oxygen atoms in total. The molecule has 0 bridgehead atoms. The Kier molecular flexibility index (Phi) is 57.1. The first kappa shape index (κ1) is 22.9. The molecule has 0 aliphatic carbocycles. The van der Waals surface area contributed by atoms with Crippen molar-refractivity contribution in [2.75, 3.05) is 26.2 Å². The Labute approximate surface area is 91.7 Å². The minimum atomic E-state index is 0. The van der Waals surface area contributed by atoms with Crippen LogP contribution < -0.4 is 12.4 Å². The Morgan fingerprint density at radius 2 is 0.750 bits per heavy atom. The van der Waals surface area contributed by atoms with Crippen LogP contribution in [0.2, 0.25) is 0 Å². The van der Waals surface area contributed by atoms with Crippen LogP contribution in [0.1, 0.15) is 12.8 Å².